The Bertz CT molecular complexity index is 1260. The first kappa shape index (κ1) is 23.7. The lowest BCUT2D eigenvalue weighted by atomic mass is 10.0. The fraction of sp³-hybridized carbons (Fsp3) is 0.227. The molecule has 0 spiro atoms. The van der Waals surface area contributed by atoms with Crippen molar-refractivity contribution in [2.24, 2.45) is 16.5 Å². The van der Waals surface area contributed by atoms with Gasteiger partial charge < -0.3 is 20.9 Å². The van der Waals surface area contributed by atoms with Gasteiger partial charge in [-0.25, -0.2) is 9.98 Å². The quantitative estimate of drug-likeness (QED) is 0.399. The second-order valence-electron chi connectivity index (χ2n) is 7.67. The van der Waals surface area contributed by atoms with E-state index in [9.17, 15) is 18.0 Å². The van der Waals surface area contributed by atoms with Crippen molar-refractivity contribution in [2.75, 3.05) is 0 Å². The van der Waals surface area contributed by atoms with Crippen molar-refractivity contribution in [1.29, 1.82) is 0 Å². The van der Waals surface area contributed by atoms with Crippen LogP contribution >= 0.6 is 11.3 Å². The number of ether oxygens (including phenoxy) is 1. The predicted molar refractivity (Wildman–Crippen MR) is 121 cm³/mol. The SMILES string of the molecule is N[C@@H](Cc1ccc(C2(N)N=CC=C(OC(c3ccc4ncsc4c3)C(F)(F)F)N2)cc1)C(=O)O. The number of thiazole rings is 1. The molecular formula is C22H20F3N5O3S. The number of alkyl halides is 3. The summed E-state index contributed by atoms with van der Waals surface area (Å²) in [7, 11) is 0. The van der Waals surface area contributed by atoms with E-state index in [1.807, 2.05) is 0 Å². The van der Waals surface area contributed by atoms with Crippen molar-refractivity contribution in [3.63, 3.8) is 0 Å². The first-order chi connectivity index (χ1) is 16.0. The Morgan fingerprint density at radius 3 is 2.65 bits per heavy atom. The molecule has 1 aliphatic rings. The summed E-state index contributed by atoms with van der Waals surface area (Å²) in [6, 6.07) is 9.63. The van der Waals surface area contributed by atoms with E-state index in [4.69, 9.17) is 21.3 Å². The maximum Gasteiger partial charge on any atom is 0.429 e. The van der Waals surface area contributed by atoms with Crippen molar-refractivity contribution < 1.29 is 27.8 Å². The van der Waals surface area contributed by atoms with Gasteiger partial charge in [0.05, 0.1) is 15.7 Å². The van der Waals surface area contributed by atoms with Gasteiger partial charge in [-0.1, -0.05) is 30.3 Å². The summed E-state index contributed by atoms with van der Waals surface area (Å²) >= 11 is 1.23. The highest BCUT2D eigenvalue weighted by molar-refractivity contribution is 7.16. The molecule has 0 saturated carbocycles. The van der Waals surface area contributed by atoms with Crippen LogP contribution in [0.3, 0.4) is 0 Å². The second-order valence-corrected chi connectivity index (χ2v) is 8.55. The third-order valence-electron chi connectivity index (χ3n) is 5.18. The molecule has 3 aromatic rings. The minimum Gasteiger partial charge on any atom is -0.480 e. The topological polar surface area (TPSA) is 136 Å². The maximum atomic E-state index is 13.9. The van der Waals surface area contributed by atoms with E-state index >= 15 is 0 Å². The number of fused-ring (bicyclic) bond motifs is 1. The van der Waals surface area contributed by atoms with Gasteiger partial charge in [-0.15, -0.1) is 11.3 Å². The van der Waals surface area contributed by atoms with Crippen LogP contribution in [0.15, 0.2) is 64.9 Å². The third kappa shape index (κ3) is 5.03. The Hall–Kier alpha value is -3.48. The average Bonchev–Trinajstić information content (AvgIpc) is 3.25. The van der Waals surface area contributed by atoms with Crippen molar-refractivity contribution in [2.45, 2.75) is 30.5 Å². The maximum absolute atomic E-state index is 13.9. The molecule has 2 unspecified atom stereocenters. The van der Waals surface area contributed by atoms with Crippen molar-refractivity contribution in [3.05, 3.63) is 76.6 Å². The Balaban J connectivity index is 1.53. The molecule has 0 radical (unpaired) electrons. The molecule has 4 rings (SSSR count). The van der Waals surface area contributed by atoms with Crippen LogP contribution < -0.4 is 16.8 Å². The lowest BCUT2D eigenvalue weighted by molar-refractivity contribution is -0.215. The summed E-state index contributed by atoms with van der Waals surface area (Å²) < 4.78 is 47.6. The molecule has 1 aliphatic heterocycles. The van der Waals surface area contributed by atoms with E-state index in [1.54, 1.807) is 29.8 Å². The van der Waals surface area contributed by atoms with Crippen molar-refractivity contribution in [1.82, 2.24) is 10.3 Å². The van der Waals surface area contributed by atoms with Crippen LogP contribution in [-0.2, 0) is 21.7 Å². The molecular weight excluding hydrogens is 471 g/mol. The summed E-state index contributed by atoms with van der Waals surface area (Å²) in [4.78, 5) is 19.2. The highest BCUT2D eigenvalue weighted by Gasteiger charge is 2.44. The van der Waals surface area contributed by atoms with Gasteiger partial charge in [-0.3, -0.25) is 10.5 Å². The number of nitrogens with zero attached hydrogens (tertiary/aromatic N) is 2. The monoisotopic (exact) mass is 491 g/mol. The summed E-state index contributed by atoms with van der Waals surface area (Å²) in [6.07, 6.45) is -4.31. The Labute approximate surface area is 195 Å². The zero-order chi connectivity index (χ0) is 24.5. The second kappa shape index (κ2) is 9.05. The van der Waals surface area contributed by atoms with Crippen LogP contribution in [0.25, 0.3) is 10.2 Å². The number of rotatable bonds is 7. The Kier molecular flexibility index (Phi) is 6.30. The number of carboxylic acids is 1. The van der Waals surface area contributed by atoms with E-state index in [0.717, 1.165) is 0 Å². The fourth-order valence-electron chi connectivity index (χ4n) is 3.42. The minimum absolute atomic E-state index is 0.0730. The van der Waals surface area contributed by atoms with E-state index in [2.05, 4.69) is 15.3 Å². The van der Waals surface area contributed by atoms with Gasteiger partial charge in [-0.05, 0) is 24.1 Å². The molecule has 0 fully saturated rings. The molecule has 1 aromatic heterocycles. The predicted octanol–water partition coefficient (Wildman–Crippen LogP) is 3.16. The molecule has 6 N–H and O–H groups in total. The van der Waals surface area contributed by atoms with E-state index in [1.165, 1.54) is 41.8 Å². The number of halogens is 3. The molecule has 0 amide bonds. The molecule has 0 saturated heterocycles. The van der Waals surface area contributed by atoms with Crippen molar-refractivity contribution >= 4 is 33.7 Å². The normalized spacial score (nSPS) is 19.9. The first-order valence-electron chi connectivity index (χ1n) is 10.0. The van der Waals surface area contributed by atoms with Crippen molar-refractivity contribution in [3.8, 4) is 0 Å². The number of benzene rings is 2. The number of carbonyl (C=O) groups is 1. The number of aromatic nitrogens is 1. The lowest BCUT2D eigenvalue weighted by Crippen LogP contribution is -2.50. The summed E-state index contributed by atoms with van der Waals surface area (Å²) in [5.41, 5.74) is 15.0. The van der Waals surface area contributed by atoms with E-state index < -0.39 is 30.1 Å². The first-order valence-corrected chi connectivity index (χ1v) is 10.9. The van der Waals surface area contributed by atoms with Crippen LogP contribution in [0, 0.1) is 0 Å². The smallest absolute Gasteiger partial charge is 0.429 e. The number of allylic oxidation sites excluding steroid dienone is 1. The number of hydrogen-bond acceptors (Lipinski definition) is 8. The van der Waals surface area contributed by atoms with Crippen LogP contribution in [0.5, 0.6) is 0 Å². The highest BCUT2D eigenvalue weighted by Crippen LogP contribution is 2.39. The standard InChI is InChI=1S/C22H20F3N5O3S/c23-21(24,25)19(13-3-6-16-17(10-13)34-11-28-16)33-18-7-8-29-22(27,30-18)14-4-1-12(2-5-14)9-15(26)20(31)32/h1-8,10-11,15,19,30H,9,26-27H2,(H,31,32)/t15-,19?,22?/m0/s1. The van der Waals surface area contributed by atoms with Crippen LogP contribution in [-0.4, -0.2) is 34.5 Å². The average molecular weight is 491 g/mol. The molecule has 34 heavy (non-hydrogen) atoms. The summed E-state index contributed by atoms with van der Waals surface area (Å²) in [5, 5.41) is 11.7. The number of carboxylic acid groups (broad SMARTS) is 1. The fourth-order valence-corrected chi connectivity index (χ4v) is 4.15. The number of nitrogens with two attached hydrogens (primary N) is 2. The summed E-state index contributed by atoms with van der Waals surface area (Å²) in [6.45, 7) is 0. The van der Waals surface area contributed by atoms with Gasteiger partial charge in [0.1, 0.15) is 6.04 Å². The zero-order valence-electron chi connectivity index (χ0n) is 17.5. The number of aliphatic imine (C=N–C) groups is 1. The molecule has 3 atom stereocenters. The molecule has 0 aliphatic carbocycles. The number of nitrogens with one attached hydrogen (secondary N) is 1. The van der Waals surface area contributed by atoms with Gasteiger partial charge in [0.2, 0.25) is 11.9 Å². The van der Waals surface area contributed by atoms with Gasteiger partial charge in [0, 0.05) is 23.4 Å². The van der Waals surface area contributed by atoms with Gasteiger partial charge >= 0.3 is 12.1 Å². The minimum atomic E-state index is -4.70. The number of aliphatic carboxylic acids is 1. The molecule has 178 valence electrons. The molecule has 2 heterocycles. The lowest BCUT2D eigenvalue weighted by Gasteiger charge is -2.33. The van der Waals surface area contributed by atoms with Crippen LogP contribution in [0.4, 0.5) is 13.2 Å². The molecule has 2 aromatic carbocycles. The third-order valence-corrected chi connectivity index (χ3v) is 5.98. The zero-order valence-corrected chi connectivity index (χ0v) is 18.3. The van der Waals surface area contributed by atoms with Gasteiger partial charge in [0.25, 0.3) is 0 Å². The molecule has 12 heteroatoms. The van der Waals surface area contributed by atoms with Gasteiger partial charge in [-0.2, -0.15) is 13.2 Å². The number of hydrogen-bond donors (Lipinski definition) is 4. The Morgan fingerprint density at radius 1 is 1.24 bits per heavy atom. The highest BCUT2D eigenvalue weighted by atomic mass is 32.1. The largest absolute Gasteiger partial charge is 0.480 e. The molecule has 8 nitrogen and oxygen atoms in total. The van der Waals surface area contributed by atoms with Gasteiger partial charge in [0.15, 0.2) is 5.88 Å². The summed E-state index contributed by atoms with van der Waals surface area (Å²) in [5.74, 6) is -2.92. The molecule has 0 bridgehead atoms. The van der Waals surface area contributed by atoms with Crippen LogP contribution in [0.2, 0.25) is 0 Å². The van der Waals surface area contributed by atoms with Crippen LogP contribution in [0.1, 0.15) is 22.8 Å². The van der Waals surface area contributed by atoms with E-state index in [0.29, 0.717) is 21.3 Å². The Morgan fingerprint density at radius 2 is 1.97 bits per heavy atom. The van der Waals surface area contributed by atoms with E-state index in [-0.39, 0.29) is 17.9 Å².